The highest BCUT2D eigenvalue weighted by atomic mass is 35.5. The van der Waals surface area contributed by atoms with Crippen molar-refractivity contribution >= 4 is 22.5 Å². The van der Waals surface area contributed by atoms with Gasteiger partial charge in [-0.2, -0.15) is 0 Å². The number of hydrogen-bond acceptors (Lipinski definition) is 1. The number of halogens is 1. The number of benzene rings is 1. The highest BCUT2D eigenvalue weighted by molar-refractivity contribution is 6.31. The van der Waals surface area contributed by atoms with E-state index in [0.717, 1.165) is 30.0 Å². The van der Waals surface area contributed by atoms with Crippen LogP contribution < -0.4 is 5.32 Å². The van der Waals surface area contributed by atoms with Crippen molar-refractivity contribution < 1.29 is 0 Å². The van der Waals surface area contributed by atoms with Crippen LogP contribution in [0.25, 0.3) is 10.9 Å². The van der Waals surface area contributed by atoms with Gasteiger partial charge in [0, 0.05) is 22.1 Å². The molecule has 0 unspecified atom stereocenters. The van der Waals surface area contributed by atoms with Crippen molar-refractivity contribution in [2.45, 2.75) is 13.3 Å². The molecule has 0 aliphatic rings. The SMILES string of the molecule is CCNCCc1c[nH]c2cc(Cl)ccc12. The van der Waals surface area contributed by atoms with Crippen LogP contribution in [0.15, 0.2) is 24.4 Å². The predicted octanol–water partition coefficient (Wildman–Crippen LogP) is 2.97. The zero-order chi connectivity index (χ0) is 10.7. The molecule has 0 saturated carbocycles. The molecule has 0 saturated heterocycles. The van der Waals surface area contributed by atoms with E-state index >= 15 is 0 Å². The van der Waals surface area contributed by atoms with Gasteiger partial charge in [-0.25, -0.2) is 0 Å². The van der Waals surface area contributed by atoms with Crippen molar-refractivity contribution in [3.05, 3.63) is 35.0 Å². The molecule has 0 amide bonds. The first-order valence-electron chi connectivity index (χ1n) is 5.27. The van der Waals surface area contributed by atoms with Gasteiger partial charge in [-0.05, 0) is 37.2 Å². The van der Waals surface area contributed by atoms with Crippen LogP contribution in [0.5, 0.6) is 0 Å². The van der Waals surface area contributed by atoms with Gasteiger partial charge in [-0.15, -0.1) is 0 Å². The van der Waals surface area contributed by atoms with Gasteiger partial charge in [0.15, 0.2) is 0 Å². The fourth-order valence-electron chi connectivity index (χ4n) is 1.77. The molecule has 15 heavy (non-hydrogen) atoms. The van der Waals surface area contributed by atoms with E-state index in [9.17, 15) is 0 Å². The number of H-pyrrole nitrogens is 1. The smallest absolute Gasteiger partial charge is 0.0471 e. The quantitative estimate of drug-likeness (QED) is 0.765. The largest absolute Gasteiger partial charge is 0.361 e. The van der Waals surface area contributed by atoms with Crippen molar-refractivity contribution in [3.8, 4) is 0 Å². The Morgan fingerprint density at radius 1 is 1.40 bits per heavy atom. The summed E-state index contributed by atoms with van der Waals surface area (Å²) in [5.41, 5.74) is 2.47. The molecule has 0 atom stereocenters. The van der Waals surface area contributed by atoms with E-state index in [2.05, 4.69) is 29.5 Å². The van der Waals surface area contributed by atoms with Gasteiger partial charge < -0.3 is 10.3 Å². The van der Waals surface area contributed by atoms with Gasteiger partial charge in [0.1, 0.15) is 0 Å². The summed E-state index contributed by atoms with van der Waals surface area (Å²) in [5.74, 6) is 0. The van der Waals surface area contributed by atoms with Gasteiger partial charge in [0.25, 0.3) is 0 Å². The Balaban J connectivity index is 2.21. The zero-order valence-electron chi connectivity index (χ0n) is 8.81. The molecular formula is C12H15ClN2. The van der Waals surface area contributed by atoms with Crippen LogP contribution >= 0.6 is 11.6 Å². The fraction of sp³-hybridized carbons (Fsp3) is 0.333. The first kappa shape index (κ1) is 10.5. The van der Waals surface area contributed by atoms with Crippen LogP contribution in [0.2, 0.25) is 5.02 Å². The van der Waals surface area contributed by atoms with E-state index in [4.69, 9.17) is 11.6 Å². The van der Waals surface area contributed by atoms with Crippen LogP contribution in [0, 0.1) is 0 Å². The summed E-state index contributed by atoms with van der Waals surface area (Å²) in [7, 11) is 0. The lowest BCUT2D eigenvalue weighted by molar-refractivity contribution is 0.718. The molecule has 0 bridgehead atoms. The summed E-state index contributed by atoms with van der Waals surface area (Å²) in [6.45, 7) is 4.16. The Bertz CT molecular complexity index is 448. The van der Waals surface area contributed by atoms with Crippen molar-refractivity contribution in [1.82, 2.24) is 10.3 Å². The molecule has 0 aliphatic heterocycles. The van der Waals surface area contributed by atoms with Gasteiger partial charge in [0.2, 0.25) is 0 Å². The monoisotopic (exact) mass is 222 g/mol. The van der Waals surface area contributed by atoms with Gasteiger partial charge >= 0.3 is 0 Å². The van der Waals surface area contributed by atoms with Crippen LogP contribution in [0.4, 0.5) is 0 Å². The summed E-state index contributed by atoms with van der Waals surface area (Å²) in [4.78, 5) is 3.24. The van der Waals surface area contributed by atoms with E-state index in [0.29, 0.717) is 0 Å². The van der Waals surface area contributed by atoms with E-state index in [1.165, 1.54) is 10.9 Å². The van der Waals surface area contributed by atoms with Crippen molar-refractivity contribution in [2.24, 2.45) is 0 Å². The molecular weight excluding hydrogens is 208 g/mol. The fourth-order valence-corrected chi connectivity index (χ4v) is 1.94. The predicted molar refractivity (Wildman–Crippen MR) is 65.6 cm³/mol. The molecule has 80 valence electrons. The highest BCUT2D eigenvalue weighted by Gasteiger charge is 2.03. The molecule has 0 spiro atoms. The maximum absolute atomic E-state index is 5.92. The number of likely N-dealkylation sites (N-methyl/N-ethyl adjacent to an activating group) is 1. The number of nitrogens with one attached hydrogen (secondary N) is 2. The Labute approximate surface area is 94.6 Å². The Morgan fingerprint density at radius 2 is 2.27 bits per heavy atom. The number of fused-ring (bicyclic) bond motifs is 1. The van der Waals surface area contributed by atoms with Crippen LogP contribution in [-0.2, 0) is 6.42 Å². The topological polar surface area (TPSA) is 27.8 Å². The molecule has 1 heterocycles. The third kappa shape index (κ3) is 2.33. The second-order valence-corrected chi connectivity index (χ2v) is 4.04. The average molecular weight is 223 g/mol. The first-order chi connectivity index (χ1) is 7.31. The summed E-state index contributed by atoms with van der Waals surface area (Å²) in [5, 5.41) is 5.38. The van der Waals surface area contributed by atoms with Gasteiger partial charge in [-0.1, -0.05) is 24.6 Å². The maximum atomic E-state index is 5.92. The van der Waals surface area contributed by atoms with Crippen molar-refractivity contribution in [3.63, 3.8) is 0 Å². The second kappa shape index (κ2) is 4.69. The van der Waals surface area contributed by atoms with Crippen LogP contribution in [0.1, 0.15) is 12.5 Å². The van der Waals surface area contributed by atoms with E-state index < -0.39 is 0 Å². The Hall–Kier alpha value is -0.990. The van der Waals surface area contributed by atoms with Crippen LogP contribution in [0.3, 0.4) is 0 Å². The molecule has 3 heteroatoms. The summed E-state index contributed by atoms with van der Waals surface area (Å²) in [6, 6.07) is 5.98. The third-order valence-corrected chi connectivity index (χ3v) is 2.79. The molecule has 2 nitrogen and oxygen atoms in total. The zero-order valence-corrected chi connectivity index (χ0v) is 9.56. The Morgan fingerprint density at radius 3 is 3.07 bits per heavy atom. The lowest BCUT2D eigenvalue weighted by atomic mass is 10.1. The van der Waals surface area contributed by atoms with Gasteiger partial charge in [0.05, 0.1) is 0 Å². The minimum absolute atomic E-state index is 0.780. The lowest BCUT2D eigenvalue weighted by Crippen LogP contribution is -2.15. The van der Waals surface area contributed by atoms with Crippen LogP contribution in [-0.4, -0.2) is 18.1 Å². The molecule has 2 rings (SSSR count). The molecule has 2 N–H and O–H groups in total. The molecule has 2 aromatic rings. The number of rotatable bonds is 4. The molecule has 1 aromatic heterocycles. The van der Waals surface area contributed by atoms with E-state index in [1.54, 1.807) is 0 Å². The molecule has 0 radical (unpaired) electrons. The van der Waals surface area contributed by atoms with Crippen molar-refractivity contribution in [1.29, 1.82) is 0 Å². The van der Waals surface area contributed by atoms with Gasteiger partial charge in [-0.3, -0.25) is 0 Å². The number of hydrogen-bond donors (Lipinski definition) is 2. The molecule has 0 fully saturated rings. The number of aromatic nitrogens is 1. The lowest BCUT2D eigenvalue weighted by Gasteiger charge is -2.00. The molecule has 0 aliphatic carbocycles. The maximum Gasteiger partial charge on any atom is 0.0471 e. The normalized spacial score (nSPS) is 11.1. The third-order valence-electron chi connectivity index (χ3n) is 2.55. The average Bonchev–Trinajstić information content (AvgIpc) is 2.61. The minimum atomic E-state index is 0.780. The Kier molecular flexibility index (Phi) is 3.29. The molecule has 1 aromatic carbocycles. The summed E-state index contributed by atoms with van der Waals surface area (Å²) >= 11 is 5.92. The summed E-state index contributed by atoms with van der Waals surface area (Å²) in [6.07, 6.45) is 3.12. The van der Waals surface area contributed by atoms with E-state index in [1.807, 2.05) is 12.1 Å². The van der Waals surface area contributed by atoms with E-state index in [-0.39, 0.29) is 0 Å². The van der Waals surface area contributed by atoms with Crippen molar-refractivity contribution in [2.75, 3.05) is 13.1 Å². The second-order valence-electron chi connectivity index (χ2n) is 3.61. The highest BCUT2D eigenvalue weighted by Crippen LogP contribution is 2.22. The number of aromatic amines is 1. The first-order valence-corrected chi connectivity index (χ1v) is 5.65. The minimum Gasteiger partial charge on any atom is -0.361 e. The standard InChI is InChI=1S/C12H15ClN2/c1-2-14-6-5-9-8-15-12-7-10(13)3-4-11(9)12/h3-4,7-8,14-15H,2,5-6H2,1H3. The summed E-state index contributed by atoms with van der Waals surface area (Å²) < 4.78 is 0.